The van der Waals surface area contributed by atoms with Crippen LogP contribution in [0.4, 0.5) is 25.9 Å². The van der Waals surface area contributed by atoms with Crippen LogP contribution in [0.1, 0.15) is 126 Å². The van der Waals surface area contributed by atoms with Gasteiger partial charge < -0.3 is 71.8 Å². The maximum absolute atomic E-state index is 13.8. The van der Waals surface area contributed by atoms with E-state index in [1.54, 1.807) is 78.8 Å². The molecule has 4 atom stereocenters. The van der Waals surface area contributed by atoms with E-state index in [2.05, 4.69) is 42.5 Å². The van der Waals surface area contributed by atoms with Crippen LogP contribution >= 0.6 is 0 Å². The molecule has 480 valence electrons. The zero-order valence-electron chi connectivity index (χ0n) is 52.2. The number of hydrogen-bond donors (Lipinski definition) is 9. The highest BCUT2D eigenvalue weighted by atomic mass is 16.6. The van der Waals surface area contributed by atoms with E-state index in [0.29, 0.717) is 59.5 Å². The Labute approximate surface area is 512 Å². The van der Waals surface area contributed by atoms with Gasteiger partial charge in [-0.25, -0.2) is 24.4 Å². The fraction of sp³-hybridized carbons (Fsp3) is 0.541. The van der Waals surface area contributed by atoms with Gasteiger partial charge in [0.25, 0.3) is 11.8 Å². The van der Waals surface area contributed by atoms with E-state index in [-0.39, 0.29) is 101 Å². The second kappa shape index (κ2) is 32.9. The summed E-state index contributed by atoms with van der Waals surface area (Å²) in [5, 5.41) is 22.4. The number of carbonyl (C=O) groups is 10. The van der Waals surface area contributed by atoms with Crippen molar-refractivity contribution in [2.75, 3.05) is 43.5 Å². The van der Waals surface area contributed by atoms with Gasteiger partial charge in [-0.2, -0.15) is 0 Å². The molecule has 0 aliphatic carbocycles. The van der Waals surface area contributed by atoms with Crippen LogP contribution in [0.25, 0.3) is 21.9 Å². The number of anilines is 2. The highest BCUT2D eigenvalue weighted by Crippen LogP contribution is 2.32. The minimum absolute atomic E-state index is 0.0874. The van der Waals surface area contributed by atoms with Crippen LogP contribution in [0.2, 0.25) is 0 Å². The number of nitrogens with zero attached hydrogens (tertiary/aromatic N) is 4. The lowest BCUT2D eigenvalue weighted by Crippen LogP contribution is -2.54. The number of imide groups is 1. The fourth-order valence-electron chi connectivity index (χ4n) is 9.24. The number of para-hydroxylation sites is 1. The van der Waals surface area contributed by atoms with Crippen molar-refractivity contribution in [3.63, 3.8) is 0 Å². The van der Waals surface area contributed by atoms with Gasteiger partial charge in [-0.05, 0) is 110 Å². The number of ether oxygens (including phenoxy) is 4. The second-order valence-corrected chi connectivity index (χ2v) is 23.6. The maximum Gasteiger partial charge on any atom is 0.408 e. The van der Waals surface area contributed by atoms with Gasteiger partial charge in [0.1, 0.15) is 54.3 Å². The summed E-state index contributed by atoms with van der Waals surface area (Å²) >= 11 is 0. The van der Waals surface area contributed by atoms with Gasteiger partial charge in [0.2, 0.25) is 29.5 Å². The van der Waals surface area contributed by atoms with Crippen LogP contribution in [0, 0.1) is 11.8 Å². The number of benzene rings is 2. The first-order valence-corrected chi connectivity index (χ1v) is 29.6. The lowest BCUT2D eigenvalue weighted by Gasteiger charge is -2.27. The number of pyridine rings is 1. The first-order chi connectivity index (χ1) is 41.6. The zero-order chi connectivity index (χ0) is 64.9. The van der Waals surface area contributed by atoms with Gasteiger partial charge in [-0.3, -0.25) is 38.5 Å². The molecular weight excluding hydrogens is 1140 g/mol. The summed E-state index contributed by atoms with van der Waals surface area (Å²) in [6, 6.07) is 9.05. The van der Waals surface area contributed by atoms with E-state index in [1.165, 1.54) is 19.1 Å². The minimum Gasteiger partial charge on any atom is -0.445 e. The number of rotatable bonds is 33. The molecule has 1 aliphatic rings. The number of nitrogens with one attached hydrogen (secondary N) is 8. The van der Waals surface area contributed by atoms with Crippen molar-refractivity contribution in [3.05, 3.63) is 72.1 Å². The summed E-state index contributed by atoms with van der Waals surface area (Å²) in [7, 11) is 0. The van der Waals surface area contributed by atoms with Gasteiger partial charge >= 0.3 is 18.2 Å². The molecule has 2 aromatic heterocycles. The molecule has 0 spiro atoms. The third kappa shape index (κ3) is 21.9. The number of alkyl carbamates (subject to hydrolysis) is 2. The maximum atomic E-state index is 13.8. The summed E-state index contributed by atoms with van der Waals surface area (Å²) in [5.74, 6) is -3.42. The highest BCUT2D eigenvalue weighted by molar-refractivity contribution is 6.13. The molecule has 0 fully saturated rings. The number of hydrogen-bond acceptors (Lipinski definition) is 16. The molecule has 0 radical (unpaired) electrons. The van der Waals surface area contributed by atoms with Gasteiger partial charge in [0.05, 0.1) is 29.8 Å². The number of imidazole rings is 1. The van der Waals surface area contributed by atoms with Crippen molar-refractivity contribution in [2.24, 2.45) is 17.6 Å². The summed E-state index contributed by atoms with van der Waals surface area (Å²) in [6.07, 6.45) is 2.99. The summed E-state index contributed by atoms with van der Waals surface area (Å²) in [5.41, 5.74) is 6.13. The number of amides is 11. The standard InChI is InChI=1S/C61H87N13O14/c1-12-85-34-44-69-50-51(41-19-15-16-20-42(41)67-52(50)72-53(78)38(6)65-55(80)49(37(4)5)71-59(84)88-60(7,8)9)74(44)35-61(10,11)87-32-30-64-58(83)86-33-39-23-25-40(26-24-39)66-54(79)43(21-18-29-63-57(62)82)68-56(81)48(36(2)3)70-45(75)22-14-13-17-31-73-46(76)27-28-47(73)77/h15-16,19-20,23-28,36-38,43,48-49H,12-14,17-18,21-22,29-35H2,1-11H3,(H,64,83)(H,65,80)(H,66,79)(H,68,81)(H,70,75)(H,71,84)(H3,62,63,82)(H,67,72,78)/t38-,43-,48-,49-/m0/s1. The van der Waals surface area contributed by atoms with Crippen LogP contribution in [-0.4, -0.2) is 147 Å². The van der Waals surface area contributed by atoms with Crippen LogP contribution in [0.15, 0.2) is 60.7 Å². The van der Waals surface area contributed by atoms with E-state index in [4.69, 9.17) is 34.6 Å². The fourth-order valence-corrected chi connectivity index (χ4v) is 9.24. The average molecular weight is 1230 g/mol. The number of carbonyl (C=O) groups excluding carboxylic acids is 10. The normalized spacial score (nSPS) is 13.9. The van der Waals surface area contributed by atoms with Gasteiger partial charge in [0.15, 0.2) is 5.82 Å². The molecule has 1 aliphatic heterocycles. The molecular formula is C61H87N13O14. The Kier molecular flexibility index (Phi) is 26.2. The van der Waals surface area contributed by atoms with Crippen molar-refractivity contribution in [2.45, 2.75) is 170 Å². The molecule has 0 saturated heterocycles. The Balaban J connectivity index is 1.14. The Morgan fingerprint density at radius 2 is 1.34 bits per heavy atom. The summed E-state index contributed by atoms with van der Waals surface area (Å²) in [6.45, 7) is 20.5. The monoisotopic (exact) mass is 1230 g/mol. The van der Waals surface area contributed by atoms with Crippen LogP contribution < -0.4 is 48.3 Å². The molecule has 0 unspecified atom stereocenters. The van der Waals surface area contributed by atoms with Crippen LogP contribution in [-0.2, 0) is 72.3 Å². The SMILES string of the molecule is CCOCc1nc2c(NC(=O)[C@H](C)NC(=O)[C@@H](NC(=O)OC(C)(C)C)C(C)C)nc3ccccc3c2n1CC(C)(C)OCCNC(=O)OCc1ccc(NC(=O)[C@H](CCCNC(N)=O)NC(=O)[C@@H](NC(=O)CCCCCN2C(=O)C=CC2=O)C(C)C)cc1. The second-order valence-electron chi connectivity index (χ2n) is 23.6. The quantitative estimate of drug-likeness (QED) is 0.0215. The Bertz CT molecular complexity index is 3140. The van der Waals surface area contributed by atoms with E-state index in [0.717, 1.165) is 10.3 Å². The predicted molar refractivity (Wildman–Crippen MR) is 328 cm³/mol. The topological polar surface area (TPSA) is 364 Å². The third-order valence-corrected chi connectivity index (χ3v) is 13.8. The molecule has 10 N–H and O–H groups in total. The number of unbranched alkanes of at least 4 members (excludes halogenated alkanes) is 2. The number of fused-ring (bicyclic) bond motifs is 3. The molecule has 27 heteroatoms. The molecule has 0 saturated carbocycles. The van der Waals surface area contributed by atoms with E-state index < -0.39 is 77.2 Å². The van der Waals surface area contributed by atoms with E-state index in [1.807, 2.05) is 43.5 Å². The molecule has 4 aromatic rings. The van der Waals surface area contributed by atoms with Gasteiger partial charge in [-0.15, -0.1) is 0 Å². The van der Waals surface area contributed by atoms with Crippen molar-refractivity contribution < 1.29 is 66.9 Å². The summed E-state index contributed by atoms with van der Waals surface area (Å²) in [4.78, 5) is 139. The number of urea groups is 1. The Hall–Kier alpha value is -8.72. The van der Waals surface area contributed by atoms with Crippen molar-refractivity contribution in [1.82, 2.24) is 51.3 Å². The summed E-state index contributed by atoms with van der Waals surface area (Å²) < 4.78 is 25.0. The molecule has 11 amide bonds. The molecule has 0 bridgehead atoms. The first kappa shape index (κ1) is 70.0. The molecule has 2 aromatic carbocycles. The first-order valence-electron chi connectivity index (χ1n) is 29.6. The van der Waals surface area contributed by atoms with Crippen LogP contribution in [0.3, 0.4) is 0 Å². The lowest BCUT2D eigenvalue weighted by molar-refractivity contribution is -0.137. The van der Waals surface area contributed by atoms with E-state index in [9.17, 15) is 47.9 Å². The predicted octanol–water partition coefficient (Wildman–Crippen LogP) is 5.33. The smallest absolute Gasteiger partial charge is 0.408 e. The van der Waals surface area contributed by atoms with E-state index >= 15 is 0 Å². The largest absolute Gasteiger partial charge is 0.445 e. The molecule has 27 nitrogen and oxygen atoms in total. The molecule has 3 heterocycles. The van der Waals surface area contributed by atoms with Crippen molar-refractivity contribution in [1.29, 1.82) is 0 Å². The van der Waals surface area contributed by atoms with Crippen molar-refractivity contribution in [3.8, 4) is 0 Å². The van der Waals surface area contributed by atoms with Gasteiger partial charge in [0, 0.05) is 55.9 Å². The van der Waals surface area contributed by atoms with Crippen LogP contribution in [0.5, 0.6) is 0 Å². The Morgan fingerprint density at radius 3 is 1.99 bits per heavy atom. The number of nitrogens with two attached hydrogens (primary N) is 1. The molecule has 5 rings (SSSR count). The van der Waals surface area contributed by atoms with Crippen molar-refractivity contribution >= 4 is 93.0 Å². The Morgan fingerprint density at radius 1 is 0.682 bits per heavy atom. The minimum atomic E-state index is -1.08. The number of aromatic nitrogens is 3. The third-order valence-electron chi connectivity index (χ3n) is 13.8. The average Bonchev–Trinajstić information content (AvgIpc) is 2.61. The number of primary amides is 1. The van der Waals surface area contributed by atoms with Gasteiger partial charge in [-0.1, -0.05) is 64.4 Å². The zero-order valence-corrected chi connectivity index (χ0v) is 52.2. The lowest BCUT2D eigenvalue weighted by atomic mass is 10.0. The highest BCUT2D eigenvalue weighted by Gasteiger charge is 2.33. The molecule has 88 heavy (non-hydrogen) atoms.